The summed E-state index contributed by atoms with van der Waals surface area (Å²) in [5, 5.41) is 4.01. The van der Waals surface area contributed by atoms with Crippen molar-refractivity contribution in [3.63, 3.8) is 0 Å². The van der Waals surface area contributed by atoms with Gasteiger partial charge in [0.05, 0.1) is 11.4 Å². The number of anilines is 1. The number of nitrogen functional groups attached to an aromatic ring is 1. The number of nitrogens with zero attached hydrogens (tertiary/aromatic N) is 2. The van der Waals surface area contributed by atoms with Gasteiger partial charge in [0.2, 0.25) is 10.0 Å². The third-order valence-electron chi connectivity index (χ3n) is 2.98. The Bertz CT molecular complexity index is 729. The van der Waals surface area contributed by atoms with Gasteiger partial charge >= 0.3 is 0 Å². The van der Waals surface area contributed by atoms with Crippen LogP contribution in [0.1, 0.15) is 12.5 Å². The first-order valence-electron chi connectivity index (χ1n) is 6.35. The Balaban J connectivity index is 2.22. The molecule has 1 unspecified atom stereocenters. The second-order valence-corrected chi connectivity index (χ2v) is 6.56. The number of sulfonamides is 1. The van der Waals surface area contributed by atoms with Crippen LogP contribution in [0.5, 0.6) is 0 Å². The first-order chi connectivity index (χ1) is 9.79. The molecule has 2 aromatic rings. The zero-order valence-electron chi connectivity index (χ0n) is 11.7. The smallest absolute Gasteiger partial charge is 0.241 e. The summed E-state index contributed by atoms with van der Waals surface area (Å²) < 4.78 is 42.4. The van der Waals surface area contributed by atoms with Gasteiger partial charge in [-0.2, -0.15) is 5.10 Å². The average Bonchev–Trinajstić information content (AvgIpc) is 2.85. The first kappa shape index (κ1) is 15.5. The summed E-state index contributed by atoms with van der Waals surface area (Å²) in [5.74, 6) is -0.643. The SMILES string of the molecule is Cc1c(F)cc(N)cc1S(=O)(=O)NC(C)Cn1cccn1. The first-order valence-corrected chi connectivity index (χ1v) is 7.83. The van der Waals surface area contributed by atoms with Crippen LogP contribution in [0.4, 0.5) is 10.1 Å². The van der Waals surface area contributed by atoms with Gasteiger partial charge in [-0.05, 0) is 32.0 Å². The van der Waals surface area contributed by atoms with Gasteiger partial charge in [-0.3, -0.25) is 4.68 Å². The quantitative estimate of drug-likeness (QED) is 0.814. The summed E-state index contributed by atoms with van der Waals surface area (Å²) in [6.07, 6.45) is 3.34. The minimum atomic E-state index is -3.85. The molecule has 0 fully saturated rings. The zero-order chi connectivity index (χ0) is 15.6. The van der Waals surface area contributed by atoms with Crippen LogP contribution in [0.2, 0.25) is 0 Å². The summed E-state index contributed by atoms with van der Waals surface area (Å²) in [7, 11) is -3.85. The number of halogens is 1. The maximum absolute atomic E-state index is 13.6. The standard InChI is InChI=1S/C13H17FN4O2S/c1-9(8-18-5-3-4-16-18)17-21(19,20)13-7-11(15)6-12(14)10(13)2/h3-7,9,17H,8,15H2,1-2H3. The molecular weight excluding hydrogens is 295 g/mol. The monoisotopic (exact) mass is 312 g/mol. The van der Waals surface area contributed by atoms with E-state index >= 15 is 0 Å². The van der Waals surface area contributed by atoms with Crippen LogP contribution in [0.15, 0.2) is 35.5 Å². The van der Waals surface area contributed by atoms with Crippen LogP contribution in [0.3, 0.4) is 0 Å². The molecule has 0 spiro atoms. The fourth-order valence-corrected chi connectivity index (χ4v) is 3.53. The van der Waals surface area contributed by atoms with Gasteiger partial charge in [-0.25, -0.2) is 17.5 Å². The number of nitrogens with one attached hydrogen (secondary N) is 1. The molecule has 8 heteroatoms. The van der Waals surface area contributed by atoms with Gasteiger partial charge in [0.15, 0.2) is 0 Å². The zero-order valence-corrected chi connectivity index (χ0v) is 12.6. The van der Waals surface area contributed by atoms with Crippen molar-refractivity contribution in [1.29, 1.82) is 0 Å². The van der Waals surface area contributed by atoms with Crippen molar-refractivity contribution < 1.29 is 12.8 Å². The molecule has 1 atom stereocenters. The van der Waals surface area contributed by atoms with E-state index in [2.05, 4.69) is 9.82 Å². The average molecular weight is 312 g/mol. The molecule has 3 N–H and O–H groups in total. The minimum absolute atomic E-state index is 0.0444. The van der Waals surface area contributed by atoms with Gasteiger partial charge in [0.1, 0.15) is 5.82 Å². The molecule has 0 aliphatic heterocycles. The fraction of sp³-hybridized carbons (Fsp3) is 0.308. The molecule has 0 bridgehead atoms. The Hall–Kier alpha value is -1.93. The number of rotatable bonds is 5. The van der Waals surface area contributed by atoms with E-state index < -0.39 is 21.9 Å². The van der Waals surface area contributed by atoms with Gasteiger partial charge in [0, 0.05) is 29.7 Å². The van der Waals surface area contributed by atoms with Crippen molar-refractivity contribution in [2.75, 3.05) is 5.73 Å². The molecule has 0 saturated heterocycles. The molecule has 114 valence electrons. The molecular formula is C13H17FN4O2S. The third kappa shape index (κ3) is 3.59. The topological polar surface area (TPSA) is 90.0 Å². The molecule has 1 heterocycles. The van der Waals surface area contributed by atoms with E-state index in [0.29, 0.717) is 6.54 Å². The molecule has 0 saturated carbocycles. The molecule has 0 aliphatic carbocycles. The molecule has 0 aliphatic rings. The lowest BCUT2D eigenvalue weighted by atomic mass is 10.2. The number of nitrogens with two attached hydrogens (primary N) is 1. The summed E-state index contributed by atoms with van der Waals surface area (Å²) in [6.45, 7) is 3.48. The summed E-state index contributed by atoms with van der Waals surface area (Å²) in [6, 6.07) is 3.69. The summed E-state index contributed by atoms with van der Waals surface area (Å²) in [4.78, 5) is -0.146. The summed E-state index contributed by atoms with van der Waals surface area (Å²) >= 11 is 0. The highest BCUT2D eigenvalue weighted by Gasteiger charge is 2.22. The predicted octanol–water partition coefficient (Wildman–Crippen LogP) is 1.28. The van der Waals surface area contributed by atoms with Gasteiger partial charge in [0.25, 0.3) is 0 Å². The lowest BCUT2D eigenvalue weighted by Gasteiger charge is -2.16. The second kappa shape index (κ2) is 5.82. The second-order valence-electron chi connectivity index (χ2n) is 4.88. The lowest BCUT2D eigenvalue weighted by molar-refractivity contribution is 0.493. The van der Waals surface area contributed by atoms with Crippen molar-refractivity contribution >= 4 is 15.7 Å². The van der Waals surface area contributed by atoms with Crippen molar-refractivity contribution in [2.24, 2.45) is 0 Å². The van der Waals surface area contributed by atoms with Crippen molar-refractivity contribution in [2.45, 2.75) is 31.3 Å². The van der Waals surface area contributed by atoms with Crippen LogP contribution >= 0.6 is 0 Å². The Morgan fingerprint density at radius 1 is 1.48 bits per heavy atom. The predicted molar refractivity (Wildman–Crippen MR) is 77.6 cm³/mol. The van der Waals surface area contributed by atoms with E-state index in [4.69, 9.17) is 5.73 Å². The Labute approximate surface area is 122 Å². The number of hydrogen-bond donors (Lipinski definition) is 2. The van der Waals surface area contributed by atoms with Gasteiger partial charge < -0.3 is 5.73 Å². The number of benzene rings is 1. The molecule has 0 amide bonds. The highest BCUT2D eigenvalue weighted by atomic mass is 32.2. The van der Waals surface area contributed by atoms with E-state index in [1.54, 1.807) is 30.1 Å². The lowest BCUT2D eigenvalue weighted by Crippen LogP contribution is -2.36. The molecule has 1 aromatic heterocycles. The Morgan fingerprint density at radius 3 is 2.81 bits per heavy atom. The molecule has 21 heavy (non-hydrogen) atoms. The molecule has 0 radical (unpaired) electrons. The number of aromatic nitrogens is 2. The maximum Gasteiger partial charge on any atom is 0.241 e. The van der Waals surface area contributed by atoms with Crippen molar-refractivity contribution in [1.82, 2.24) is 14.5 Å². The van der Waals surface area contributed by atoms with Gasteiger partial charge in [-0.1, -0.05) is 0 Å². The minimum Gasteiger partial charge on any atom is -0.399 e. The van der Waals surface area contributed by atoms with E-state index in [-0.39, 0.29) is 16.1 Å². The van der Waals surface area contributed by atoms with E-state index in [1.807, 2.05) is 0 Å². The maximum atomic E-state index is 13.6. The van der Waals surface area contributed by atoms with Crippen LogP contribution in [0.25, 0.3) is 0 Å². The third-order valence-corrected chi connectivity index (χ3v) is 4.70. The summed E-state index contributed by atoms with van der Waals surface area (Å²) in [5.41, 5.74) is 5.63. The van der Waals surface area contributed by atoms with E-state index in [0.717, 1.165) is 6.07 Å². The van der Waals surface area contributed by atoms with Crippen molar-refractivity contribution in [3.05, 3.63) is 42.0 Å². The fourth-order valence-electron chi connectivity index (χ4n) is 2.01. The normalized spacial score (nSPS) is 13.3. The van der Waals surface area contributed by atoms with E-state index in [9.17, 15) is 12.8 Å². The van der Waals surface area contributed by atoms with Crippen LogP contribution < -0.4 is 10.5 Å². The van der Waals surface area contributed by atoms with Gasteiger partial charge in [-0.15, -0.1) is 0 Å². The van der Waals surface area contributed by atoms with Crippen molar-refractivity contribution in [3.8, 4) is 0 Å². The largest absolute Gasteiger partial charge is 0.399 e. The van der Waals surface area contributed by atoms with Crippen LogP contribution in [0, 0.1) is 12.7 Å². The molecule has 2 rings (SSSR count). The highest BCUT2D eigenvalue weighted by molar-refractivity contribution is 7.89. The Kier molecular flexibility index (Phi) is 4.29. The van der Waals surface area contributed by atoms with E-state index in [1.165, 1.54) is 13.0 Å². The van der Waals surface area contributed by atoms with Crippen LogP contribution in [-0.4, -0.2) is 24.2 Å². The highest BCUT2D eigenvalue weighted by Crippen LogP contribution is 2.21. The van der Waals surface area contributed by atoms with Crippen LogP contribution in [-0.2, 0) is 16.6 Å². The molecule has 6 nitrogen and oxygen atoms in total. The number of hydrogen-bond acceptors (Lipinski definition) is 4. The molecule has 1 aromatic carbocycles. The Morgan fingerprint density at radius 2 is 2.19 bits per heavy atom.